The lowest BCUT2D eigenvalue weighted by molar-refractivity contribution is -0.142. The highest BCUT2D eigenvalue weighted by atomic mass is 16.2. The molecule has 0 atom stereocenters. The van der Waals surface area contributed by atoms with Crippen LogP contribution in [0.2, 0.25) is 0 Å². The van der Waals surface area contributed by atoms with Crippen molar-refractivity contribution < 1.29 is 4.79 Å². The van der Waals surface area contributed by atoms with Crippen molar-refractivity contribution in [3.05, 3.63) is 18.1 Å². The maximum atomic E-state index is 12.0. The first-order valence-electron chi connectivity index (χ1n) is 8.50. The third-order valence-corrected chi connectivity index (χ3v) is 4.28. The van der Waals surface area contributed by atoms with E-state index in [4.69, 9.17) is 0 Å². The van der Waals surface area contributed by atoms with Crippen molar-refractivity contribution in [2.45, 2.75) is 58.9 Å². The van der Waals surface area contributed by atoms with Gasteiger partial charge in [-0.2, -0.15) is 0 Å². The number of amides is 1. The Bertz CT molecular complexity index is 493. The molecule has 1 amide bonds. The number of carbonyl (C=O) groups excluding carboxylic acids is 1. The van der Waals surface area contributed by atoms with E-state index in [1.807, 2.05) is 24.8 Å². The second-order valence-electron chi connectivity index (χ2n) is 6.20. The third kappa shape index (κ3) is 3.76. The van der Waals surface area contributed by atoms with E-state index in [1.165, 1.54) is 6.42 Å². The van der Waals surface area contributed by atoms with Crippen molar-refractivity contribution in [2.24, 2.45) is 5.92 Å². The minimum atomic E-state index is 0.308. The van der Waals surface area contributed by atoms with Gasteiger partial charge in [0, 0.05) is 30.8 Å². The molecular formula is C17H28N4O. The van der Waals surface area contributed by atoms with Crippen LogP contribution < -0.4 is 5.32 Å². The molecule has 1 saturated carbocycles. The quantitative estimate of drug-likeness (QED) is 0.929. The Hall–Kier alpha value is -1.65. The van der Waals surface area contributed by atoms with Crippen LogP contribution in [0.1, 0.15) is 58.6 Å². The second-order valence-corrected chi connectivity index (χ2v) is 6.20. The largest absolute Gasteiger partial charge is 0.364 e. The molecule has 5 nitrogen and oxygen atoms in total. The molecule has 1 saturated heterocycles. The summed E-state index contributed by atoms with van der Waals surface area (Å²) in [7, 11) is 0. The molecule has 0 bridgehead atoms. The number of carbonyl (C=O) groups is 1. The van der Waals surface area contributed by atoms with E-state index in [-0.39, 0.29) is 0 Å². The smallest absolute Gasteiger partial charge is 0.225 e. The fourth-order valence-electron chi connectivity index (χ4n) is 2.64. The molecule has 0 aromatic carbocycles. The maximum Gasteiger partial charge on any atom is 0.225 e. The molecule has 1 aliphatic carbocycles. The van der Waals surface area contributed by atoms with Gasteiger partial charge in [0.15, 0.2) is 0 Å². The van der Waals surface area contributed by atoms with E-state index in [1.54, 1.807) is 6.33 Å². The Morgan fingerprint density at radius 2 is 1.95 bits per heavy atom. The SMILES string of the molecule is CC.CC(C)c1cc(NC2CN(C(=O)C3CCC3)C2)ncn1. The zero-order valence-electron chi connectivity index (χ0n) is 14.2. The summed E-state index contributed by atoms with van der Waals surface area (Å²) < 4.78 is 0. The van der Waals surface area contributed by atoms with Crippen LogP contribution in [-0.4, -0.2) is 39.9 Å². The van der Waals surface area contributed by atoms with Crippen molar-refractivity contribution >= 4 is 11.7 Å². The van der Waals surface area contributed by atoms with Crippen LogP contribution in [0, 0.1) is 5.92 Å². The van der Waals surface area contributed by atoms with Crippen LogP contribution in [0.15, 0.2) is 12.4 Å². The van der Waals surface area contributed by atoms with Gasteiger partial charge in [0.05, 0.1) is 6.04 Å². The van der Waals surface area contributed by atoms with Crippen LogP contribution >= 0.6 is 0 Å². The van der Waals surface area contributed by atoms with Crippen molar-refractivity contribution in [2.75, 3.05) is 18.4 Å². The fourth-order valence-corrected chi connectivity index (χ4v) is 2.64. The first kappa shape index (κ1) is 16.7. The molecule has 1 aromatic heterocycles. The van der Waals surface area contributed by atoms with Crippen LogP contribution in [0.25, 0.3) is 0 Å². The van der Waals surface area contributed by atoms with Gasteiger partial charge >= 0.3 is 0 Å². The summed E-state index contributed by atoms with van der Waals surface area (Å²) in [6, 6.07) is 2.33. The number of hydrogen-bond donors (Lipinski definition) is 1. The van der Waals surface area contributed by atoms with E-state index in [2.05, 4.69) is 29.1 Å². The second kappa shape index (κ2) is 7.56. The Morgan fingerprint density at radius 1 is 1.27 bits per heavy atom. The Morgan fingerprint density at radius 3 is 2.50 bits per heavy atom. The van der Waals surface area contributed by atoms with Crippen LogP contribution in [0.5, 0.6) is 0 Å². The molecule has 0 unspecified atom stereocenters. The number of rotatable bonds is 4. The summed E-state index contributed by atoms with van der Waals surface area (Å²) >= 11 is 0. The normalized spacial score (nSPS) is 18.1. The molecule has 1 aliphatic heterocycles. The molecule has 1 aromatic rings. The number of anilines is 1. The Balaban J connectivity index is 0.000000847. The summed E-state index contributed by atoms with van der Waals surface area (Å²) in [5.41, 5.74) is 1.05. The highest BCUT2D eigenvalue weighted by Crippen LogP contribution is 2.30. The monoisotopic (exact) mass is 304 g/mol. The van der Waals surface area contributed by atoms with Crippen molar-refractivity contribution in [1.82, 2.24) is 14.9 Å². The Kier molecular flexibility index (Phi) is 5.75. The van der Waals surface area contributed by atoms with E-state index in [9.17, 15) is 4.79 Å². The molecule has 122 valence electrons. The fraction of sp³-hybridized carbons (Fsp3) is 0.706. The number of nitrogens with one attached hydrogen (secondary N) is 1. The van der Waals surface area contributed by atoms with E-state index in [0.29, 0.717) is 23.8 Å². The number of hydrogen-bond acceptors (Lipinski definition) is 4. The van der Waals surface area contributed by atoms with Gasteiger partial charge in [0.1, 0.15) is 12.1 Å². The minimum Gasteiger partial charge on any atom is -0.364 e. The van der Waals surface area contributed by atoms with Crippen LogP contribution in [0.4, 0.5) is 5.82 Å². The average molecular weight is 304 g/mol. The summed E-state index contributed by atoms with van der Waals surface area (Å²) in [6.45, 7) is 9.84. The molecule has 2 fully saturated rings. The summed E-state index contributed by atoms with van der Waals surface area (Å²) in [6.07, 6.45) is 4.98. The van der Waals surface area contributed by atoms with Crippen LogP contribution in [-0.2, 0) is 4.79 Å². The van der Waals surface area contributed by atoms with E-state index in [0.717, 1.165) is 37.4 Å². The number of aromatic nitrogens is 2. The standard InChI is InChI=1S/C15H22N4O.C2H6/c1-10(2)13-6-14(17-9-16-13)18-12-7-19(8-12)15(20)11-4-3-5-11;1-2/h6,9-12H,3-5,7-8H2,1-2H3,(H,16,17,18);1-2H3. The molecule has 2 heterocycles. The molecular weight excluding hydrogens is 276 g/mol. The van der Waals surface area contributed by atoms with Gasteiger partial charge in [0.25, 0.3) is 0 Å². The Labute approximate surface area is 133 Å². The van der Waals surface area contributed by atoms with Crippen molar-refractivity contribution in [1.29, 1.82) is 0 Å². The van der Waals surface area contributed by atoms with Gasteiger partial charge in [-0.15, -0.1) is 0 Å². The predicted molar refractivity (Wildman–Crippen MR) is 88.8 cm³/mol. The summed E-state index contributed by atoms with van der Waals surface area (Å²) in [4.78, 5) is 22.5. The van der Waals surface area contributed by atoms with Gasteiger partial charge in [0.2, 0.25) is 5.91 Å². The van der Waals surface area contributed by atoms with Gasteiger partial charge in [-0.3, -0.25) is 4.79 Å². The molecule has 22 heavy (non-hydrogen) atoms. The topological polar surface area (TPSA) is 58.1 Å². The van der Waals surface area contributed by atoms with E-state index >= 15 is 0 Å². The first-order chi connectivity index (χ1) is 10.6. The van der Waals surface area contributed by atoms with Crippen LogP contribution in [0.3, 0.4) is 0 Å². The first-order valence-corrected chi connectivity index (χ1v) is 8.50. The third-order valence-electron chi connectivity index (χ3n) is 4.28. The zero-order chi connectivity index (χ0) is 16.1. The lowest BCUT2D eigenvalue weighted by Gasteiger charge is -2.43. The summed E-state index contributed by atoms with van der Waals surface area (Å²) in [5.74, 6) is 1.92. The molecule has 2 aliphatic rings. The molecule has 1 N–H and O–H groups in total. The lowest BCUT2D eigenvalue weighted by atomic mass is 9.83. The molecule has 3 rings (SSSR count). The van der Waals surface area contributed by atoms with Gasteiger partial charge < -0.3 is 10.2 Å². The molecule has 0 radical (unpaired) electrons. The van der Waals surface area contributed by atoms with Gasteiger partial charge in [-0.25, -0.2) is 9.97 Å². The highest BCUT2D eigenvalue weighted by Gasteiger charge is 2.36. The number of likely N-dealkylation sites (tertiary alicyclic amines) is 1. The number of nitrogens with zero attached hydrogens (tertiary/aromatic N) is 3. The van der Waals surface area contributed by atoms with Crippen molar-refractivity contribution in [3.63, 3.8) is 0 Å². The molecule has 5 heteroatoms. The molecule has 0 spiro atoms. The lowest BCUT2D eigenvalue weighted by Crippen LogP contribution is -2.59. The summed E-state index contributed by atoms with van der Waals surface area (Å²) in [5, 5.41) is 3.39. The zero-order valence-corrected chi connectivity index (χ0v) is 14.2. The predicted octanol–water partition coefficient (Wildman–Crippen LogP) is 3.05. The maximum absolute atomic E-state index is 12.0. The van der Waals surface area contributed by atoms with Crippen molar-refractivity contribution in [3.8, 4) is 0 Å². The van der Waals surface area contributed by atoms with Gasteiger partial charge in [-0.05, 0) is 18.8 Å². The highest BCUT2D eigenvalue weighted by molar-refractivity contribution is 5.80. The van der Waals surface area contributed by atoms with Gasteiger partial charge in [-0.1, -0.05) is 34.1 Å². The average Bonchev–Trinajstić information content (AvgIpc) is 2.43. The van der Waals surface area contributed by atoms with E-state index < -0.39 is 0 Å². The minimum absolute atomic E-state index is 0.308.